The maximum atomic E-state index is 5.87. The molecule has 1 saturated carbocycles. The van der Waals surface area contributed by atoms with Gasteiger partial charge in [0.25, 0.3) is 0 Å². The Bertz CT molecular complexity index is 281. The molecule has 1 N–H and O–H groups in total. The van der Waals surface area contributed by atoms with Gasteiger partial charge in [0.1, 0.15) is 5.01 Å². The molecule has 0 atom stereocenters. The van der Waals surface area contributed by atoms with Crippen LogP contribution in [0.3, 0.4) is 0 Å². The second-order valence-electron chi connectivity index (χ2n) is 4.27. The zero-order valence-electron chi connectivity index (χ0n) is 9.82. The Labute approximate surface area is 101 Å². The topological polar surface area (TPSA) is 34.1 Å². The van der Waals surface area contributed by atoms with E-state index in [1.807, 2.05) is 11.6 Å². The molecule has 1 heterocycles. The van der Waals surface area contributed by atoms with E-state index in [2.05, 4.69) is 17.2 Å². The number of thiazole rings is 1. The largest absolute Gasteiger partial charge is 0.371 e. The van der Waals surface area contributed by atoms with E-state index in [1.165, 1.54) is 25.7 Å². The third kappa shape index (κ3) is 3.54. The molecule has 1 aromatic rings. The quantitative estimate of drug-likeness (QED) is 0.859. The monoisotopic (exact) mass is 240 g/mol. The first-order valence-electron chi connectivity index (χ1n) is 6.12. The van der Waals surface area contributed by atoms with E-state index in [-0.39, 0.29) is 0 Å². The van der Waals surface area contributed by atoms with Crippen LogP contribution in [0.2, 0.25) is 0 Å². The van der Waals surface area contributed by atoms with E-state index >= 15 is 0 Å². The summed E-state index contributed by atoms with van der Waals surface area (Å²) in [6, 6.07) is 0.713. The average molecular weight is 240 g/mol. The van der Waals surface area contributed by atoms with Crippen LogP contribution in [0.15, 0.2) is 11.6 Å². The van der Waals surface area contributed by atoms with Gasteiger partial charge in [-0.05, 0) is 32.2 Å². The summed E-state index contributed by atoms with van der Waals surface area (Å²) in [7, 11) is 0. The fourth-order valence-corrected chi connectivity index (χ4v) is 2.77. The maximum absolute atomic E-state index is 5.87. The van der Waals surface area contributed by atoms with E-state index in [0.29, 0.717) is 18.8 Å². The van der Waals surface area contributed by atoms with Crippen LogP contribution in [0.1, 0.15) is 37.6 Å². The predicted molar refractivity (Wildman–Crippen MR) is 66.6 cm³/mol. The third-order valence-electron chi connectivity index (χ3n) is 3.09. The molecule has 16 heavy (non-hydrogen) atoms. The van der Waals surface area contributed by atoms with Crippen molar-refractivity contribution < 1.29 is 4.74 Å². The smallest absolute Gasteiger partial charge is 0.118 e. The normalized spacial score (nSPS) is 25.8. The molecule has 0 spiro atoms. The molecule has 0 aliphatic heterocycles. The summed E-state index contributed by atoms with van der Waals surface area (Å²) in [5.74, 6) is 0. The van der Waals surface area contributed by atoms with Crippen molar-refractivity contribution in [3.05, 3.63) is 16.6 Å². The lowest BCUT2D eigenvalue weighted by Crippen LogP contribution is -2.35. The Morgan fingerprint density at radius 3 is 2.88 bits per heavy atom. The van der Waals surface area contributed by atoms with Crippen LogP contribution >= 0.6 is 11.3 Å². The van der Waals surface area contributed by atoms with Crippen molar-refractivity contribution in [2.24, 2.45) is 0 Å². The van der Waals surface area contributed by atoms with Crippen LogP contribution in [-0.4, -0.2) is 23.7 Å². The van der Waals surface area contributed by atoms with Gasteiger partial charge in [0, 0.05) is 17.6 Å². The average Bonchev–Trinajstić information content (AvgIpc) is 2.82. The third-order valence-corrected chi connectivity index (χ3v) is 3.85. The molecule has 2 rings (SSSR count). The lowest BCUT2D eigenvalue weighted by Gasteiger charge is -2.28. The zero-order chi connectivity index (χ0) is 11.2. The molecule has 0 aromatic carbocycles. The lowest BCUT2D eigenvalue weighted by atomic mass is 9.93. The predicted octanol–water partition coefficient (Wildman–Crippen LogP) is 2.58. The van der Waals surface area contributed by atoms with Crippen molar-refractivity contribution in [2.75, 3.05) is 6.54 Å². The van der Waals surface area contributed by atoms with E-state index in [9.17, 15) is 0 Å². The number of hydrogen-bond donors (Lipinski definition) is 1. The van der Waals surface area contributed by atoms with Crippen molar-refractivity contribution in [1.29, 1.82) is 0 Å². The number of nitrogens with zero attached hydrogens (tertiary/aromatic N) is 1. The van der Waals surface area contributed by atoms with Crippen molar-refractivity contribution in [3.63, 3.8) is 0 Å². The van der Waals surface area contributed by atoms with Gasteiger partial charge in [0.05, 0.1) is 12.7 Å². The first-order valence-corrected chi connectivity index (χ1v) is 6.99. The summed E-state index contributed by atoms with van der Waals surface area (Å²) in [4.78, 5) is 4.23. The van der Waals surface area contributed by atoms with E-state index < -0.39 is 0 Å². The molecule has 0 unspecified atom stereocenters. The molecule has 0 radical (unpaired) electrons. The summed E-state index contributed by atoms with van der Waals surface area (Å²) in [6.45, 7) is 3.94. The van der Waals surface area contributed by atoms with Crippen molar-refractivity contribution in [2.45, 2.75) is 51.4 Å². The van der Waals surface area contributed by atoms with E-state index in [1.54, 1.807) is 11.3 Å². The second kappa shape index (κ2) is 6.33. The van der Waals surface area contributed by atoms with E-state index in [0.717, 1.165) is 11.6 Å². The number of hydrogen-bond acceptors (Lipinski definition) is 4. The van der Waals surface area contributed by atoms with Crippen molar-refractivity contribution >= 4 is 11.3 Å². The highest BCUT2D eigenvalue weighted by atomic mass is 32.1. The van der Waals surface area contributed by atoms with Crippen LogP contribution in [0, 0.1) is 0 Å². The van der Waals surface area contributed by atoms with Crippen LogP contribution in [-0.2, 0) is 11.3 Å². The van der Waals surface area contributed by atoms with Gasteiger partial charge < -0.3 is 10.1 Å². The van der Waals surface area contributed by atoms with Gasteiger partial charge in [-0.3, -0.25) is 0 Å². The summed E-state index contributed by atoms with van der Waals surface area (Å²) < 4.78 is 5.87. The van der Waals surface area contributed by atoms with Crippen LogP contribution in [0.25, 0.3) is 0 Å². The van der Waals surface area contributed by atoms with Crippen LogP contribution in [0.5, 0.6) is 0 Å². The van der Waals surface area contributed by atoms with Gasteiger partial charge in [-0.1, -0.05) is 6.92 Å². The molecule has 3 nitrogen and oxygen atoms in total. The number of nitrogens with one attached hydrogen (secondary N) is 1. The van der Waals surface area contributed by atoms with Crippen molar-refractivity contribution in [3.8, 4) is 0 Å². The molecular weight excluding hydrogens is 220 g/mol. The highest BCUT2D eigenvalue weighted by Gasteiger charge is 2.20. The number of aromatic nitrogens is 1. The molecule has 1 fully saturated rings. The second-order valence-corrected chi connectivity index (χ2v) is 5.25. The summed E-state index contributed by atoms with van der Waals surface area (Å²) in [5.41, 5.74) is 0. The van der Waals surface area contributed by atoms with Gasteiger partial charge in [0.15, 0.2) is 0 Å². The van der Waals surface area contributed by atoms with Crippen LogP contribution < -0.4 is 5.32 Å². The Kier molecular flexibility index (Phi) is 4.75. The Balaban J connectivity index is 1.65. The molecule has 0 bridgehead atoms. The molecule has 1 aliphatic carbocycles. The van der Waals surface area contributed by atoms with Gasteiger partial charge in [0.2, 0.25) is 0 Å². The zero-order valence-corrected chi connectivity index (χ0v) is 10.6. The van der Waals surface area contributed by atoms with E-state index in [4.69, 9.17) is 4.74 Å². The SMILES string of the molecule is CCNC1CCC(OCc2nccs2)CC1. The highest BCUT2D eigenvalue weighted by Crippen LogP contribution is 2.22. The Morgan fingerprint density at radius 2 is 2.25 bits per heavy atom. The molecule has 0 saturated heterocycles. The maximum Gasteiger partial charge on any atom is 0.118 e. The van der Waals surface area contributed by atoms with Crippen molar-refractivity contribution in [1.82, 2.24) is 10.3 Å². The molecule has 4 heteroatoms. The fourth-order valence-electron chi connectivity index (χ4n) is 2.24. The molecule has 1 aliphatic rings. The van der Waals surface area contributed by atoms with Gasteiger partial charge in [-0.25, -0.2) is 4.98 Å². The molecular formula is C12H20N2OS. The highest BCUT2D eigenvalue weighted by molar-refractivity contribution is 7.09. The first kappa shape index (κ1) is 12.0. The molecule has 90 valence electrons. The Hall–Kier alpha value is -0.450. The fraction of sp³-hybridized carbons (Fsp3) is 0.750. The lowest BCUT2D eigenvalue weighted by molar-refractivity contribution is 0.0114. The number of ether oxygens (including phenoxy) is 1. The summed E-state index contributed by atoms with van der Waals surface area (Å²) in [6.07, 6.45) is 7.14. The van der Waals surface area contributed by atoms with Gasteiger partial charge in [-0.2, -0.15) is 0 Å². The first-order chi connectivity index (χ1) is 7.88. The minimum Gasteiger partial charge on any atom is -0.371 e. The summed E-state index contributed by atoms with van der Waals surface area (Å²) >= 11 is 1.67. The number of rotatable bonds is 5. The van der Waals surface area contributed by atoms with Crippen LogP contribution in [0.4, 0.5) is 0 Å². The Morgan fingerprint density at radius 1 is 1.44 bits per heavy atom. The molecule has 1 aromatic heterocycles. The van der Waals surface area contributed by atoms with Gasteiger partial charge >= 0.3 is 0 Å². The van der Waals surface area contributed by atoms with Gasteiger partial charge in [-0.15, -0.1) is 11.3 Å². The summed E-state index contributed by atoms with van der Waals surface area (Å²) in [5, 5.41) is 6.60. The molecule has 0 amide bonds. The minimum absolute atomic E-state index is 0.443. The minimum atomic E-state index is 0.443. The standard InChI is InChI=1S/C12H20N2OS/c1-2-13-10-3-5-11(6-4-10)15-9-12-14-7-8-16-12/h7-8,10-11,13H,2-6,9H2,1H3.